The van der Waals surface area contributed by atoms with Crippen LogP contribution in [0.25, 0.3) is 55.3 Å². The van der Waals surface area contributed by atoms with E-state index in [-0.39, 0.29) is 33.9 Å². The first-order valence-electron chi connectivity index (χ1n) is 26.7. The van der Waals surface area contributed by atoms with Crippen molar-refractivity contribution in [1.82, 2.24) is 0 Å². The molecule has 0 amide bonds. The van der Waals surface area contributed by atoms with E-state index in [0.29, 0.717) is 0 Å². The summed E-state index contributed by atoms with van der Waals surface area (Å²) in [5, 5.41) is 2.32. The lowest BCUT2D eigenvalue weighted by Crippen LogP contribution is -2.61. The molecule has 0 spiro atoms. The summed E-state index contributed by atoms with van der Waals surface area (Å²) in [5.74, 6) is 0. The Balaban J connectivity index is 1.16. The second-order valence-corrected chi connectivity index (χ2v) is 25.4. The lowest BCUT2D eigenvalue weighted by atomic mass is 9.43. The number of nitrogens with zero attached hydrogens (tertiary/aromatic N) is 2. The van der Waals surface area contributed by atoms with Crippen LogP contribution in [0.2, 0.25) is 0 Å². The molecule has 0 radical (unpaired) electrons. The van der Waals surface area contributed by atoms with Gasteiger partial charge in [-0.3, -0.25) is 0 Å². The summed E-state index contributed by atoms with van der Waals surface area (Å²) in [6, 6.07) is 56.5. The van der Waals surface area contributed by atoms with E-state index in [4.69, 9.17) is 4.42 Å². The molecule has 0 saturated carbocycles. The molecule has 3 heterocycles. The molecule has 0 N–H and O–H groups in total. The van der Waals surface area contributed by atoms with Crippen LogP contribution < -0.4 is 20.6 Å². The van der Waals surface area contributed by atoms with Gasteiger partial charge in [-0.1, -0.05) is 166 Å². The molecule has 2 aliphatic heterocycles. The lowest BCUT2D eigenvalue weighted by Gasteiger charge is -2.48. The third-order valence-electron chi connectivity index (χ3n) is 18.9. The Morgan fingerprint density at radius 1 is 0.444 bits per heavy atom. The van der Waals surface area contributed by atoms with Gasteiger partial charge in [0, 0.05) is 39.1 Å². The van der Waals surface area contributed by atoms with Crippen LogP contribution >= 0.6 is 0 Å². The average Bonchev–Trinajstić information content (AvgIpc) is 3.85. The highest BCUT2D eigenvalue weighted by molar-refractivity contribution is 6.94. The molecule has 72 heavy (non-hydrogen) atoms. The molecule has 356 valence electrons. The van der Waals surface area contributed by atoms with Crippen LogP contribution in [-0.2, 0) is 27.1 Å². The van der Waals surface area contributed by atoms with Gasteiger partial charge in [0.15, 0.2) is 0 Å². The minimum Gasteiger partial charge on any atom is -0.456 e. The Labute approximate surface area is 427 Å². The third kappa shape index (κ3) is 5.93. The Bertz CT molecular complexity index is 3830. The van der Waals surface area contributed by atoms with Gasteiger partial charge in [-0.25, -0.2) is 0 Å². The number of para-hydroxylation sites is 1. The van der Waals surface area contributed by atoms with Gasteiger partial charge in [-0.15, -0.1) is 0 Å². The van der Waals surface area contributed by atoms with Crippen molar-refractivity contribution in [2.75, 3.05) is 9.71 Å². The molecule has 0 atom stereocenters. The minimum absolute atomic E-state index is 0.0170. The van der Waals surface area contributed by atoms with Crippen molar-refractivity contribution in [3.63, 3.8) is 0 Å². The molecule has 3 aliphatic carbocycles. The fourth-order valence-corrected chi connectivity index (χ4v) is 14.4. The minimum atomic E-state index is -0.180. The van der Waals surface area contributed by atoms with E-state index in [1.54, 1.807) is 0 Å². The van der Waals surface area contributed by atoms with Crippen molar-refractivity contribution in [3.05, 3.63) is 185 Å². The monoisotopic (exact) mass is 937 g/mol. The molecule has 14 rings (SSSR count). The highest BCUT2D eigenvalue weighted by Crippen LogP contribution is 2.58. The molecule has 0 saturated heterocycles. The zero-order chi connectivity index (χ0) is 49.6. The van der Waals surface area contributed by atoms with Gasteiger partial charge in [0.05, 0.1) is 11.1 Å². The Hall–Kier alpha value is -6.78. The standard InChI is InChI=1S/C68H65BN2O/c1-40-33-52-54(67(8,9)32-31-65(52,4)5)39-56(40)70-58-34-42(41-19-13-12-14-20-41)25-28-55(58)69-62-48(37-60-61(63(62)70)45-22-16-18-24-59(45)72-60)47-36-46-44-21-15-17-23-49(44)68(10,11)51(46)38-57(47)71(69)43-26-27-50-53(35-43)66(6,7)30-29-64(50,2)3/h12-28,33-39H,29-32H2,1-11H3. The first-order valence-corrected chi connectivity index (χ1v) is 26.7. The van der Waals surface area contributed by atoms with Crippen LogP contribution in [0.15, 0.2) is 150 Å². The Morgan fingerprint density at radius 3 is 1.83 bits per heavy atom. The van der Waals surface area contributed by atoms with Crippen LogP contribution in [0.3, 0.4) is 0 Å². The van der Waals surface area contributed by atoms with Crippen molar-refractivity contribution < 1.29 is 4.42 Å². The van der Waals surface area contributed by atoms with Gasteiger partial charge in [0.25, 0.3) is 0 Å². The highest BCUT2D eigenvalue weighted by atomic mass is 16.3. The lowest BCUT2D eigenvalue weighted by molar-refractivity contribution is 0.332. The summed E-state index contributed by atoms with van der Waals surface area (Å²) in [6.45, 7) is 26.7. The largest absolute Gasteiger partial charge is 0.456 e. The first kappa shape index (κ1) is 44.0. The van der Waals surface area contributed by atoms with Gasteiger partial charge in [-0.2, -0.15) is 0 Å². The van der Waals surface area contributed by atoms with Crippen molar-refractivity contribution in [2.24, 2.45) is 0 Å². The Morgan fingerprint density at radius 2 is 1.08 bits per heavy atom. The molecular formula is C68H65BN2O. The number of rotatable bonds is 3. The van der Waals surface area contributed by atoms with Crippen LogP contribution in [0.5, 0.6) is 0 Å². The number of fused-ring (bicyclic) bond motifs is 13. The van der Waals surface area contributed by atoms with E-state index < -0.39 is 0 Å². The molecule has 8 aromatic carbocycles. The zero-order valence-corrected chi connectivity index (χ0v) is 44.1. The normalized spacial score (nSPS) is 18.7. The van der Waals surface area contributed by atoms with Gasteiger partial charge >= 0.3 is 6.85 Å². The number of benzene rings is 8. The van der Waals surface area contributed by atoms with Crippen molar-refractivity contribution >= 4 is 68.1 Å². The average molecular weight is 937 g/mol. The van der Waals surface area contributed by atoms with Crippen LogP contribution in [0.4, 0.5) is 28.4 Å². The van der Waals surface area contributed by atoms with Crippen molar-refractivity contribution in [2.45, 2.75) is 129 Å². The fraction of sp³-hybridized carbons (Fsp3) is 0.294. The van der Waals surface area contributed by atoms with Crippen LogP contribution in [-0.4, -0.2) is 6.85 Å². The fourth-order valence-electron chi connectivity index (χ4n) is 14.4. The summed E-state index contributed by atoms with van der Waals surface area (Å²) in [6.07, 6.45) is 4.66. The summed E-state index contributed by atoms with van der Waals surface area (Å²) in [4.78, 5) is 5.47. The van der Waals surface area contributed by atoms with Crippen LogP contribution in [0, 0.1) is 6.92 Å². The van der Waals surface area contributed by atoms with E-state index in [1.807, 2.05) is 0 Å². The van der Waals surface area contributed by atoms with Crippen molar-refractivity contribution in [1.29, 1.82) is 0 Å². The second kappa shape index (κ2) is 14.5. The molecule has 5 aliphatic rings. The third-order valence-corrected chi connectivity index (χ3v) is 18.9. The van der Waals surface area contributed by atoms with E-state index in [1.165, 1.54) is 130 Å². The van der Waals surface area contributed by atoms with E-state index in [9.17, 15) is 0 Å². The quantitative estimate of drug-likeness (QED) is 0.165. The molecule has 1 aromatic heterocycles. The van der Waals surface area contributed by atoms with Gasteiger partial charge in [-0.05, 0) is 180 Å². The van der Waals surface area contributed by atoms with E-state index >= 15 is 0 Å². The summed E-state index contributed by atoms with van der Waals surface area (Å²) >= 11 is 0. The zero-order valence-electron chi connectivity index (χ0n) is 44.1. The molecular weight excluding hydrogens is 872 g/mol. The number of anilines is 5. The second-order valence-electron chi connectivity index (χ2n) is 25.4. The maximum Gasteiger partial charge on any atom is 0.333 e. The summed E-state index contributed by atoms with van der Waals surface area (Å²) in [7, 11) is 0. The van der Waals surface area contributed by atoms with Crippen molar-refractivity contribution in [3.8, 4) is 33.4 Å². The highest BCUT2D eigenvalue weighted by Gasteiger charge is 2.50. The summed E-state index contributed by atoms with van der Waals surface area (Å²) in [5.41, 5.74) is 28.2. The maximum atomic E-state index is 7.14. The van der Waals surface area contributed by atoms with Crippen LogP contribution in [0.1, 0.15) is 134 Å². The first-order chi connectivity index (χ1) is 34.3. The molecule has 4 heteroatoms. The predicted octanol–water partition coefficient (Wildman–Crippen LogP) is 17.3. The number of hydrogen-bond donors (Lipinski definition) is 0. The summed E-state index contributed by atoms with van der Waals surface area (Å²) < 4.78 is 7.14. The topological polar surface area (TPSA) is 19.6 Å². The molecule has 0 bridgehead atoms. The number of aryl methyl sites for hydroxylation is 1. The van der Waals surface area contributed by atoms with Gasteiger partial charge in [0.1, 0.15) is 11.2 Å². The number of furan rings is 1. The smallest absolute Gasteiger partial charge is 0.333 e. The molecule has 9 aromatic rings. The molecule has 3 nitrogen and oxygen atoms in total. The maximum absolute atomic E-state index is 7.14. The molecule has 0 unspecified atom stereocenters. The van der Waals surface area contributed by atoms with E-state index in [0.717, 1.165) is 29.4 Å². The van der Waals surface area contributed by atoms with Gasteiger partial charge in [0.2, 0.25) is 0 Å². The Kier molecular flexibility index (Phi) is 8.83. The molecule has 0 fully saturated rings. The van der Waals surface area contributed by atoms with E-state index in [2.05, 4.69) is 231 Å². The SMILES string of the molecule is Cc1cc2c(cc1N1c3cc(-c4ccccc4)ccc3B3c4c(cc5oc6ccccc6c5c41)-c1cc4c(cc1N3c1ccc3c(c1)C(C)(C)CCC3(C)C)C(C)(C)c1ccccc1-4)C(C)(C)CCC2(C)C. The van der Waals surface area contributed by atoms with Gasteiger partial charge < -0.3 is 14.1 Å². The predicted molar refractivity (Wildman–Crippen MR) is 306 cm³/mol. The number of hydrogen-bond acceptors (Lipinski definition) is 3.